The van der Waals surface area contributed by atoms with Gasteiger partial charge in [-0.3, -0.25) is 4.90 Å². The molecule has 122 valence electrons. The van der Waals surface area contributed by atoms with Gasteiger partial charge in [0.05, 0.1) is 11.6 Å². The van der Waals surface area contributed by atoms with Crippen LogP contribution in [-0.4, -0.2) is 25.0 Å². The van der Waals surface area contributed by atoms with Crippen molar-refractivity contribution in [2.45, 2.75) is 25.8 Å². The van der Waals surface area contributed by atoms with Crippen LogP contribution in [0, 0.1) is 17.2 Å². The largest absolute Gasteiger partial charge is 0.345 e. The summed E-state index contributed by atoms with van der Waals surface area (Å²) in [7, 11) is 2.09. The van der Waals surface area contributed by atoms with Gasteiger partial charge in [-0.15, -0.1) is 0 Å². The van der Waals surface area contributed by atoms with Crippen LogP contribution in [0.1, 0.15) is 29.5 Å². The molecule has 2 aromatic carbocycles. The van der Waals surface area contributed by atoms with Crippen molar-refractivity contribution in [3.63, 3.8) is 0 Å². The first-order valence-electron chi connectivity index (χ1n) is 8.81. The van der Waals surface area contributed by atoms with Gasteiger partial charge in [0, 0.05) is 38.1 Å². The standard InChI is InChI=1S/C21H23N3/c1-23(20-7-4-16(13-22)5-8-20)21-9-6-18-10-11-24(14-17-2-3-17)15-19(18)12-21/h4-9,12,17H,2-3,10-11,14-15H2,1H3. The number of anilines is 2. The highest BCUT2D eigenvalue weighted by atomic mass is 15.1. The SMILES string of the molecule is CN(c1ccc(C#N)cc1)c1ccc2c(c1)CN(CC1CC1)CC2. The Balaban J connectivity index is 1.54. The van der Waals surface area contributed by atoms with Crippen LogP contribution in [0.25, 0.3) is 0 Å². The summed E-state index contributed by atoms with van der Waals surface area (Å²) in [6, 6.07) is 16.8. The van der Waals surface area contributed by atoms with E-state index in [0.29, 0.717) is 5.56 Å². The van der Waals surface area contributed by atoms with E-state index in [2.05, 4.69) is 41.1 Å². The lowest BCUT2D eigenvalue weighted by atomic mass is 9.98. The number of benzene rings is 2. The van der Waals surface area contributed by atoms with Crippen LogP contribution < -0.4 is 4.90 Å². The van der Waals surface area contributed by atoms with Crippen LogP contribution in [0.2, 0.25) is 0 Å². The third-order valence-electron chi connectivity index (χ3n) is 5.27. The normalized spacial score (nSPS) is 17.2. The zero-order valence-electron chi connectivity index (χ0n) is 14.2. The van der Waals surface area contributed by atoms with Crippen LogP contribution in [0.15, 0.2) is 42.5 Å². The maximum Gasteiger partial charge on any atom is 0.0991 e. The molecular formula is C21H23N3. The van der Waals surface area contributed by atoms with Crippen molar-refractivity contribution in [1.82, 2.24) is 4.90 Å². The maximum atomic E-state index is 8.94. The summed E-state index contributed by atoms with van der Waals surface area (Å²) in [6.07, 6.45) is 4.01. The molecule has 1 aliphatic heterocycles. The summed E-state index contributed by atoms with van der Waals surface area (Å²) in [5, 5.41) is 8.94. The van der Waals surface area contributed by atoms with E-state index in [0.717, 1.165) is 18.2 Å². The molecule has 2 aromatic rings. The molecule has 0 N–H and O–H groups in total. The van der Waals surface area contributed by atoms with Crippen LogP contribution >= 0.6 is 0 Å². The second-order valence-corrected chi connectivity index (χ2v) is 7.10. The predicted octanol–water partition coefficient (Wildman–Crippen LogP) is 4.09. The highest BCUT2D eigenvalue weighted by Gasteiger charge is 2.26. The molecule has 3 nitrogen and oxygen atoms in total. The van der Waals surface area contributed by atoms with Gasteiger partial charge in [0.15, 0.2) is 0 Å². The minimum atomic E-state index is 0.702. The molecule has 1 fully saturated rings. The minimum absolute atomic E-state index is 0.702. The first kappa shape index (κ1) is 15.2. The van der Waals surface area contributed by atoms with E-state index in [4.69, 9.17) is 5.26 Å². The van der Waals surface area contributed by atoms with Crippen LogP contribution in [-0.2, 0) is 13.0 Å². The van der Waals surface area contributed by atoms with E-state index in [1.807, 2.05) is 24.3 Å². The third kappa shape index (κ3) is 3.16. The summed E-state index contributed by atoms with van der Waals surface area (Å²) >= 11 is 0. The summed E-state index contributed by atoms with van der Waals surface area (Å²) in [4.78, 5) is 4.81. The number of nitrogens with zero attached hydrogens (tertiary/aromatic N) is 3. The Morgan fingerprint density at radius 1 is 1.08 bits per heavy atom. The summed E-state index contributed by atoms with van der Waals surface area (Å²) in [6.45, 7) is 3.56. The molecule has 4 rings (SSSR count). The lowest BCUT2D eigenvalue weighted by Gasteiger charge is -2.30. The summed E-state index contributed by atoms with van der Waals surface area (Å²) in [5.74, 6) is 0.955. The van der Waals surface area contributed by atoms with Gasteiger partial charge in [-0.1, -0.05) is 6.07 Å². The summed E-state index contributed by atoms with van der Waals surface area (Å²) < 4.78 is 0. The molecule has 0 bridgehead atoms. The minimum Gasteiger partial charge on any atom is -0.345 e. The van der Waals surface area contributed by atoms with Gasteiger partial charge < -0.3 is 4.90 Å². The van der Waals surface area contributed by atoms with Crippen molar-refractivity contribution >= 4 is 11.4 Å². The molecule has 0 spiro atoms. The van der Waals surface area contributed by atoms with Crippen LogP contribution in [0.3, 0.4) is 0 Å². The van der Waals surface area contributed by atoms with E-state index < -0.39 is 0 Å². The lowest BCUT2D eigenvalue weighted by molar-refractivity contribution is 0.244. The van der Waals surface area contributed by atoms with E-state index in [1.54, 1.807) is 0 Å². The fraction of sp³-hybridized carbons (Fsp3) is 0.381. The highest BCUT2D eigenvalue weighted by Crippen LogP contribution is 2.33. The van der Waals surface area contributed by atoms with Gasteiger partial charge in [0.2, 0.25) is 0 Å². The number of fused-ring (bicyclic) bond motifs is 1. The first-order chi connectivity index (χ1) is 11.7. The van der Waals surface area contributed by atoms with Crippen molar-refractivity contribution in [1.29, 1.82) is 5.26 Å². The van der Waals surface area contributed by atoms with Gasteiger partial charge >= 0.3 is 0 Å². The smallest absolute Gasteiger partial charge is 0.0991 e. The second kappa shape index (κ2) is 6.30. The monoisotopic (exact) mass is 317 g/mol. The van der Waals surface area contributed by atoms with Gasteiger partial charge in [0.1, 0.15) is 0 Å². The lowest BCUT2D eigenvalue weighted by Crippen LogP contribution is -2.32. The topological polar surface area (TPSA) is 30.3 Å². The fourth-order valence-corrected chi connectivity index (χ4v) is 3.54. The Kier molecular flexibility index (Phi) is 4.00. The van der Waals surface area contributed by atoms with Gasteiger partial charge in [-0.05, 0) is 72.7 Å². The average Bonchev–Trinajstić information content (AvgIpc) is 3.44. The Labute approximate surface area is 144 Å². The quantitative estimate of drug-likeness (QED) is 0.850. The molecule has 0 radical (unpaired) electrons. The Morgan fingerprint density at radius 2 is 1.83 bits per heavy atom. The molecule has 0 amide bonds. The molecule has 0 atom stereocenters. The Hall–Kier alpha value is -2.31. The van der Waals surface area contributed by atoms with Crippen molar-refractivity contribution in [3.8, 4) is 6.07 Å². The van der Waals surface area contributed by atoms with Gasteiger partial charge in [-0.25, -0.2) is 0 Å². The number of nitriles is 1. The molecular weight excluding hydrogens is 294 g/mol. The number of hydrogen-bond donors (Lipinski definition) is 0. The maximum absolute atomic E-state index is 8.94. The average molecular weight is 317 g/mol. The highest BCUT2D eigenvalue weighted by molar-refractivity contribution is 5.64. The molecule has 24 heavy (non-hydrogen) atoms. The zero-order chi connectivity index (χ0) is 16.5. The molecule has 0 unspecified atom stereocenters. The van der Waals surface area contributed by atoms with Gasteiger partial charge in [0.25, 0.3) is 0 Å². The van der Waals surface area contributed by atoms with Crippen LogP contribution in [0.5, 0.6) is 0 Å². The molecule has 1 heterocycles. The zero-order valence-corrected chi connectivity index (χ0v) is 14.2. The Bertz CT molecular complexity index is 769. The molecule has 1 saturated carbocycles. The molecule has 0 aromatic heterocycles. The van der Waals surface area contributed by atoms with Crippen molar-refractivity contribution in [2.24, 2.45) is 5.92 Å². The van der Waals surface area contributed by atoms with E-state index in [9.17, 15) is 0 Å². The van der Waals surface area contributed by atoms with Crippen molar-refractivity contribution < 1.29 is 0 Å². The first-order valence-corrected chi connectivity index (χ1v) is 8.81. The predicted molar refractivity (Wildman–Crippen MR) is 97.4 cm³/mol. The molecule has 1 aliphatic carbocycles. The number of rotatable bonds is 4. The van der Waals surface area contributed by atoms with Gasteiger partial charge in [-0.2, -0.15) is 5.26 Å². The van der Waals surface area contributed by atoms with Crippen molar-refractivity contribution in [3.05, 3.63) is 59.2 Å². The van der Waals surface area contributed by atoms with Crippen LogP contribution in [0.4, 0.5) is 11.4 Å². The fourth-order valence-electron chi connectivity index (χ4n) is 3.54. The van der Waals surface area contributed by atoms with E-state index >= 15 is 0 Å². The molecule has 2 aliphatic rings. The van der Waals surface area contributed by atoms with E-state index in [-0.39, 0.29) is 0 Å². The molecule has 3 heteroatoms. The van der Waals surface area contributed by atoms with E-state index in [1.165, 1.54) is 49.2 Å². The molecule has 0 saturated heterocycles. The third-order valence-corrected chi connectivity index (χ3v) is 5.27. The number of hydrogen-bond acceptors (Lipinski definition) is 3. The Morgan fingerprint density at radius 3 is 2.54 bits per heavy atom. The summed E-state index contributed by atoms with van der Waals surface area (Å²) in [5.41, 5.74) is 6.00. The van der Waals surface area contributed by atoms with Crippen molar-refractivity contribution in [2.75, 3.05) is 25.0 Å². The second-order valence-electron chi connectivity index (χ2n) is 7.10.